The first-order chi connectivity index (χ1) is 14.1. The quantitative estimate of drug-likeness (QED) is 0.865. The highest BCUT2D eigenvalue weighted by atomic mass is 16.2. The predicted molar refractivity (Wildman–Crippen MR) is 116 cm³/mol. The Kier molecular flexibility index (Phi) is 5.95. The van der Waals surface area contributed by atoms with E-state index in [-0.39, 0.29) is 17.9 Å². The lowest BCUT2D eigenvalue weighted by Gasteiger charge is -2.34. The van der Waals surface area contributed by atoms with Gasteiger partial charge in [-0.15, -0.1) is 0 Å². The summed E-state index contributed by atoms with van der Waals surface area (Å²) in [6.07, 6.45) is 3.68. The number of piperidine rings is 1. The number of carbonyl (C=O) groups excluding carboxylic acids is 2. The van der Waals surface area contributed by atoms with Crippen molar-refractivity contribution in [3.63, 3.8) is 0 Å². The van der Waals surface area contributed by atoms with E-state index in [0.29, 0.717) is 18.9 Å². The minimum Gasteiger partial charge on any atom is -0.324 e. The van der Waals surface area contributed by atoms with Gasteiger partial charge in [-0.1, -0.05) is 42.5 Å². The van der Waals surface area contributed by atoms with Crippen LogP contribution in [0.4, 0.5) is 11.4 Å². The van der Waals surface area contributed by atoms with E-state index in [1.54, 1.807) is 0 Å². The molecule has 1 fully saturated rings. The minimum absolute atomic E-state index is 0.0398. The Hall–Kier alpha value is -2.66. The lowest BCUT2D eigenvalue weighted by atomic mass is 9.90. The highest BCUT2D eigenvalue weighted by Crippen LogP contribution is 2.31. The fourth-order valence-electron chi connectivity index (χ4n) is 4.53. The highest BCUT2D eigenvalue weighted by Gasteiger charge is 2.31. The second-order valence-electron chi connectivity index (χ2n) is 8.29. The average Bonchev–Trinajstić information content (AvgIpc) is 2.84. The molecular formula is C24H29N3O2. The standard InChI is InChI=1S/C24H29N3O2/c1-18-15-23(28)25-21-9-5-6-10-22(21)27(18)24(29)17-26-13-11-20(12-14-26)16-19-7-3-2-4-8-19/h2-10,18,20H,11-17H2,1H3,(H,25,28)/t18-/m1/s1. The Morgan fingerprint density at radius 2 is 1.72 bits per heavy atom. The van der Waals surface area contributed by atoms with Crippen LogP contribution in [0.25, 0.3) is 0 Å². The summed E-state index contributed by atoms with van der Waals surface area (Å²) in [7, 11) is 0. The third-order valence-corrected chi connectivity index (χ3v) is 6.06. The van der Waals surface area contributed by atoms with E-state index in [0.717, 1.165) is 43.7 Å². The zero-order chi connectivity index (χ0) is 20.2. The number of amides is 2. The van der Waals surface area contributed by atoms with Crippen molar-refractivity contribution in [2.45, 2.75) is 38.6 Å². The van der Waals surface area contributed by atoms with Crippen molar-refractivity contribution >= 4 is 23.2 Å². The highest BCUT2D eigenvalue weighted by molar-refractivity contribution is 6.04. The second kappa shape index (κ2) is 8.78. The van der Waals surface area contributed by atoms with Gasteiger partial charge in [-0.2, -0.15) is 0 Å². The molecule has 0 saturated carbocycles. The average molecular weight is 392 g/mol. The third kappa shape index (κ3) is 4.67. The number of para-hydroxylation sites is 2. The lowest BCUT2D eigenvalue weighted by Crippen LogP contribution is -2.47. The molecule has 29 heavy (non-hydrogen) atoms. The maximum absolute atomic E-state index is 13.2. The summed E-state index contributed by atoms with van der Waals surface area (Å²) in [4.78, 5) is 29.4. The smallest absolute Gasteiger partial charge is 0.241 e. The molecular weight excluding hydrogens is 362 g/mol. The van der Waals surface area contributed by atoms with Gasteiger partial charge in [0.15, 0.2) is 0 Å². The number of fused-ring (bicyclic) bond motifs is 1. The van der Waals surface area contributed by atoms with Crippen LogP contribution in [0.15, 0.2) is 54.6 Å². The summed E-state index contributed by atoms with van der Waals surface area (Å²) < 4.78 is 0. The molecule has 152 valence electrons. The molecule has 0 spiro atoms. The van der Waals surface area contributed by atoms with E-state index in [1.165, 1.54) is 5.56 Å². The first kappa shape index (κ1) is 19.6. The van der Waals surface area contributed by atoms with Gasteiger partial charge in [0.25, 0.3) is 0 Å². The molecule has 2 amide bonds. The molecule has 1 atom stereocenters. The summed E-state index contributed by atoms with van der Waals surface area (Å²) in [6.45, 7) is 4.26. The van der Waals surface area contributed by atoms with Gasteiger partial charge in [0.1, 0.15) is 0 Å². The summed E-state index contributed by atoms with van der Waals surface area (Å²) in [5.41, 5.74) is 2.92. The first-order valence-corrected chi connectivity index (χ1v) is 10.6. The van der Waals surface area contributed by atoms with Crippen molar-refractivity contribution in [1.29, 1.82) is 0 Å². The van der Waals surface area contributed by atoms with E-state index in [4.69, 9.17) is 0 Å². The molecule has 2 aliphatic rings. The van der Waals surface area contributed by atoms with E-state index in [2.05, 4.69) is 40.5 Å². The third-order valence-electron chi connectivity index (χ3n) is 6.06. The molecule has 0 radical (unpaired) electrons. The molecule has 2 aliphatic heterocycles. The lowest BCUT2D eigenvalue weighted by molar-refractivity contribution is -0.120. The van der Waals surface area contributed by atoms with Crippen LogP contribution >= 0.6 is 0 Å². The van der Waals surface area contributed by atoms with Gasteiger partial charge in [-0.25, -0.2) is 0 Å². The van der Waals surface area contributed by atoms with E-state index < -0.39 is 0 Å². The number of benzene rings is 2. The molecule has 5 heteroatoms. The number of hydrogen-bond acceptors (Lipinski definition) is 3. The van der Waals surface area contributed by atoms with Gasteiger partial charge >= 0.3 is 0 Å². The largest absolute Gasteiger partial charge is 0.324 e. The number of rotatable bonds is 4. The van der Waals surface area contributed by atoms with Crippen molar-refractivity contribution in [2.24, 2.45) is 5.92 Å². The van der Waals surface area contributed by atoms with Gasteiger partial charge in [-0.05, 0) is 62.9 Å². The van der Waals surface area contributed by atoms with Crippen LogP contribution < -0.4 is 10.2 Å². The second-order valence-corrected chi connectivity index (χ2v) is 8.29. The Bertz CT molecular complexity index is 859. The molecule has 2 aromatic rings. The molecule has 0 unspecified atom stereocenters. The van der Waals surface area contributed by atoms with Gasteiger partial charge in [0, 0.05) is 12.5 Å². The number of carbonyl (C=O) groups is 2. The normalized spacial score (nSPS) is 20.7. The van der Waals surface area contributed by atoms with Gasteiger partial charge in [-0.3, -0.25) is 14.5 Å². The fraction of sp³-hybridized carbons (Fsp3) is 0.417. The predicted octanol–water partition coefficient (Wildman–Crippen LogP) is 3.71. The molecule has 0 aromatic heterocycles. The van der Waals surface area contributed by atoms with Crippen molar-refractivity contribution in [2.75, 3.05) is 29.9 Å². The molecule has 0 aliphatic carbocycles. The van der Waals surface area contributed by atoms with Crippen LogP contribution in [0.3, 0.4) is 0 Å². The Labute approximate surface area is 172 Å². The summed E-state index contributed by atoms with van der Waals surface area (Å²) in [6, 6.07) is 18.1. The number of anilines is 2. The van der Waals surface area contributed by atoms with Crippen molar-refractivity contribution in [3.8, 4) is 0 Å². The Balaban J connectivity index is 1.38. The molecule has 1 saturated heterocycles. The monoisotopic (exact) mass is 391 g/mol. The van der Waals surface area contributed by atoms with Crippen LogP contribution in [0, 0.1) is 5.92 Å². The van der Waals surface area contributed by atoms with E-state index >= 15 is 0 Å². The number of hydrogen-bond donors (Lipinski definition) is 1. The Morgan fingerprint density at radius 3 is 2.48 bits per heavy atom. The maximum Gasteiger partial charge on any atom is 0.241 e. The summed E-state index contributed by atoms with van der Waals surface area (Å²) >= 11 is 0. The fourth-order valence-corrected chi connectivity index (χ4v) is 4.53. The van der Waals surface area contributed by atoms with E-state index in [9.17, 15) is 9.59 Å². The minimum atomic E-state index is -0.151. The summed E-state index contributed by atoms with van der Waals surface area (Å²) in [5, 5.41) is 2.92. The SMILES string of the molecule is C[C@@H]1CC(=O)Nc2ccccc2N1C(=O)CN1CCC(Cc2ccccc2)CC1. The molecule has 2 heterocycles. The van der Waals surface area contributed by atoms with Gasteiger partial charge < -0.3 is 10.2 Å². The van der Waals surface area contributed by atoms with Crippen molar-refractivity contribution in [3.05, 3.63) is 60.2 Å². The summed E-state index contributed by atoms with van der Waals surface area (Å²) in [5.74, 6) is 0.716. The number of nitrogens with zero attached hydrogens (tertiary/aromatic N) is 2. The molecule has 0 bridgehead atoms. The van der Waals surface area contributed by atoms with Crippen LogP contribution in [0.5, 0.6) is 0 Å². The molecule has 4 rings (SSSR count). The molecule has 2 aromatic carbocycles. The van der Waals surface area contributed by atoms with Gasteiger partial charge in [0.05, 0.1) is 17.9 Å². The number of likely N-dealkylation sites (tertiary alicyclic amines) is 1. The van der Waals surface area contributed by atoms with Crippen LogP contribution in [-0.2, 0) is 16.0 Å². The molecule has 1 N–H and O–H groups in total. The zero-order valence-electron chi connectivity index (χ0n) is 17.0. The number of nitrogens with one attached hydrogen (secondary N) is 1. The Morgan fingerprint density at radius 1 is 1.03 bits per heavy atom. The van der Waals surface area contributed by atoms with Gasteiger partial charge in [0.2, 0.25) is 11.8 Å². The van der Waals surface area contributed by atoms with Crippen LogP contribution in [0.1, 0.15) is 31.7 Å². The first-order valence-electron chi connectivity index (χ1n) is 10.6. The maximum atomic E-state index is 13.2. The van der Waals surface area contributed by atoms with E-state index in [1.807, 2.05) is 36.1 Å². The zero-order valence-corrected chi connectivity index (χ0v) is 17.0. The van der Waals surface area contributed by atoms with Crippen LogP contribution in [-0.4, -0.2) is 42.4 Å². The van der Waals surface area contributed by atoms with Crippen molar-refractivity contribution < 1.29 is 9.59 Å². The topological polar surface area (TPSA) is 52.7 Å². The van der Waals surface area contributed by atoms with Crippen molar-refractivity contribution in [1.82, 2.24) is 4.90 Å². The molecule has 5 nitrogen and oxygen atoms in total. The van der Waals surface area contributed by atoms with Crippen LogP contribution in [0.2, 0.25) is 0 Å².